The maximum Gasteiger partial charge on any atom is 0.358 e. The second kappa shape index (κ2) is 7.04. The van der Waals surface area contributed by atoms with Gasteiger partial charge in [0.25, 0.3) is 0 Å². The number of likely N-dealkylation sites (tertiary alicyclic amines) is 1. The first-order valence-electron chi connectivity index (χ1n) is 8.30. The number of piperidine rings is 1. The number of carbonyl (C=O) groups is 1. The van der Waals surface area contributed by atoms with Crippen molar-refractivity contribution in [3.8, 4) is 0 Å². The van der Waals surface area contributed by atoms with E-state index in [1.54, 1.807) is 0 Å². The van der Waals surface area contributed by atoms with Crippen LogP contribution in [0.25, 0.3) is 0 Å². The van der Waals surface area contributed by atoms with Crippen molar-refractivity contribution < 1.29 is 9.53 Å². The van der Waals surface area contributed by atoms with Crippen LogP contribution in [0, 0.1) is 0 Å². The van der Waals surface area contributed by atoms with E-state index in [1.807, 2.05) is 49.3 Å². The molecular weight excluding hydrogens is 290 g/mol. The molecule has 1 aromatic carbocycles. The molecular formula is C18H25N3O2. The summed E-state index contributed by atoms with van der Waals surface area (Å²) >= 11 is 0. The first-order chi connectivity index (χ1) is 11.1. The van der Waals surface area contributed by atoms with Crippen LogP contribution >= 0.6 is 0 Å². The molecule has 3 rings (SSSR count). The maximum atomic E-state index is 12.4. The lowest BCUT2D eigenvalue weighted by Gasteiger charge is -2.30. The van der Waals surface area contributed by atoms with Gasteiger partial charge in [-0.05, 0) is 25.9 Å². The number of nitrogens with zero attached hydrogens (tertiary/aromatic N) is 2. The molecule has 1 N–H and O–H groups in total. The van der Waals surface area contributed by atoms with Crippen LogP contribution in [0.15, 0.2) is 41.7 Å². The SMILES string of the molecule is CN(C)/C(CN1CCCCC1)=C1\NC(c2ccccc2)OC1=O. The van der Waals surface area contributed by atoms with E-state index in [2.05, 4.69) is 10.2 Å². The Morgan fingerprint density at radius 2 is 1.91 bits per heavy atom. The highest BCUT2D eigenvalue weighted by atomic mass is 16.6. The normalized spacial score (nSPS) is 24.1. The highest BCUT2D eigenvalue weighted by Crippen LogP contribution is 2.26. The van der Waals surface area contributed by atoms with Crippen molar-refractivity contribution in [3.63, 3.8) is 0 Å². The van der Waals surface area contributed by atoms with Crippen molar-refractivity contribution >= 4 is 5.97 Å². The first-order valence-corrected chi connectivity index (χ1v) is 8.30. The molecule has 23 heavy (non-hydrogen) atoms. The van der Waals surface area contributed by atoms with E-state index < -0.39 is 6.23 Å². The van der Waals surface area contributed by atoms with Gasteiger partial charge in [-0.25, -0.2) is 4.79 Å². The zero-order valence-corrected chi connectivity index (χ0v) is 13.9. The third-order valence-electron chi connectivity index (χ3n) is 4.46. The van der Waals surface area contributed by atoms with Crippen molar-refractivity contribution in [2.75, 3.05) is 33.7 Å². The van der Waals surface area contributed by atoms with E-state index in [0.717, 1.165) is 30.9 Å². The number of hydrogen-bond acceptors (Lipinski definition) is 5. The number of carbonyl (C=O) groups excluding carboxylic acids is 1. The molecule has 1 unspecified atom stereocenters. The summed E-state index contributed by atoms with van der Waals surface area (Å²) in [6, 6.07) is 9.79. The maximum absolute atomic E-state index is 12.4. The Morgan fingerprint density at radius 1 is 1.22 bits per heavy atom. The fourth-order valence-corrected chi connectivity index (χ4v) is 3.14. The highest BCUT2D eigenvalue weighted by molar-refractivity contribution is 5.90. The van der Waals surface area contributed by atoms with Crippen LogP contribution in [0.5, 0.6) is 0 Å². The lowest BCUT2D eigenvalue weighted by Crippen LogP contribution is -2.36. The number of rotatable bonds is 4. The van der Waals surface area contributed by atoms with Crippen LogP contribution in [0.4, 0.5) is 0 Å². The zero-order chi connectivity index (χ0) is 16.2. The number of esters is 1. The molecule has 1 atom stereocenters. The van der Waals surface area contributed by atoms with Crippen LogP contribution in [-0.2, 0) is 9.53 Å². The largest absolute Gasteiger partial charge is 0.433 e. The molecule has 0 saturated carbocycles. The van der Waals surface area contributed by atoms with E-state index in [0.29, 0.717) is 5.70 Å². The molecule has 2 fully saturated rings. The van der Waals surface area contributed by atoms with Crippen LogP contribution in [0.1, 0.15) is 31.1 Å². The van der Waals surface area contributed by atoms with Crippen molar-refractivity contribution in [2.45, 2.75) is 25.5 Å². The minimum absolute atomic E-state index is 0.264. The summed E-state index contributed by atoms with van der Waals surface area (Å²) < 4.78 is 5.53. The molecule has 0 radical (unpaired) electrons. The van der Waals surface area contributed by atoms with Gasteiger partial charge in [0.15, 0.2) is 6.23 Å². The highest BCUT2D eigenvalue weighted by Gasteiger charge is 2.33. The van der Waals surface area contributed by atoms with Gasteiger partial charge in [-0.2, -0.15) is 0 Å². The van der Waals surface area contributed by atoms with Gasteiger partial charge in [-0.15, -0.1) is 0 Å². The molecule has 1 aromatic rings. The van der Waals surface area contributed by atoms with Crippen molar-refractivity contribution in [1.82, 2.24) is 15.1 Å². The number of nitrogens with one attached hydrogen (secondary N) is 1. The van der Waals surface area contributed by atoms with Gasteiger partial charge in [-0.1, -0.05) is 36.8 Å². The quantitative estimate of drug-likeness (QED) is 0.681. The average molecular weight is 315 g/mol. The first kappa shape index (κ1) is 15.9. The number of hydrogen-bond donors (Lipinski definition) is 1. The fraction of sp³-hybridized carbons (Fsp3) is 0.500. The molecule has 2 saturated heterocycles. The van der Waals surface area contributed by atoms with Crippen LogP contribution in [0.3, 0.4) is 0 Å². The Labute approximate surface area is 137 Å². The van der Waals surface area contributed by atoms with Crippen LogP contribution in [-0.4, -0.2) is 49.5 Å². The molecule has 0 amide bonds. The summed E-state index contributed by atoms with van der Waals surface area (Å²) in [5, 5.41) is 3.27. The lowest BCUT2D eigenvalue weighted by molar-refractivity contribution is -0.139. The van der Waals surface area contributed by atoms with E-state index in [-0.39, 0.29) is 5.97 Å². The Hall–Kier alpha value is -2.01. The summed E-state index contributed by atoms with van der Waals surface area (Å²) in [5.74, 6) is -0.264. The van der Waals surface area contributed by atoms with Crippen molar-refractivity contribution in [1.29, 1.82) is 0 Å². The summed E-state index contributed by atoms with van der Waals surface area (Å²) in [7, 11) is 3.97. The van der Waals surface area contributed by atoms with Gasteiger partial charge in [0.05, 0.1) is 5.70 Å². The number of likely N-dealkylation sites (N-methyl/N-ethyl adjacent to an activating group) is 1. The van der Waals surface area contributed by atoms with E-state index in [9.17, 15) is 4.79 Å². The number of ether oxygens (including phenoxy) is 1. The smallest absolute Gasteiger partial charge is 0.358 e. The molecule has 0 spiro atoms. The fourth-order valence-electron chi connectivity index (χ4n) is 3.14. The average Bonchev–Trinajstić information content (AvgIpc) is 2.96. The van der Waals surface area contributed by atoms with E-state index in [4.69, 9.17) is 4.74 Å². The van der Waals surface area contributed by atoms with Crippen molar-refractivity contribution in [2.24, 2.45) is 0 Å². The standard InChI is InChI=1S/C18H25N3O2/c1-20(2)15(13-21-11-7-4-8-12-21)16-18(22)23-17(19-16)14-9-5-3-6-10-14/h3,5-6,9-10,17,19H,4,7-8,11-13H2,1-2H3/b16-15-. The third kappa shape index (κ3) is 3.67. The zero-order valence-electron chi connectivity index (χ0n) is 13.9. The second-order valence-corrected chi connectivity index (χ2v) is 6.39. The van der Waals surface area contributed by atoms with Crippen LogP contribution in [0.2, 0.25) is 0 Å². The van der Waals surface area contributed by atoms with Crippen molar-refractivity contribution in [3.05, 3.63) is 47.3 Å². The van der Waals surface area contributed by atoms with Gasteiger partial charge in [0, 0.05) is 26.2 Å². The minimum Gasteiger partial charge on any atom is -0.433 e. The second-order valence-electron chi connectivity index (χ2n) is 6.39. The molecule has 5 nitrogen and oxygen atoms in total. The Kier molecular flexibility index (Phi) is 4.86. The number of cyclic esters (lactones) is 1. The van der Waals surface area contributed by atoms with Gasteiger partial charge in [-0.3, -0.25) is 4.90 Å². The molecule has 0 bridgehead atoms. The monoisotopic (exact) mass is 315 g/mol. The molecule has 2 heterocycles. The molecule has 124 valence electrons. The molecule has 0 aliphatic carbocycles. The summed E-state index contributed by atoms with van der Waals surface area (Å²) in [4.78, 5) is 16.8. The summed E-state index contributed by atoms with van der Waals surface area (Å²) in [6.45, 7) is 2.98. The summed E-state index contributed by atoms with van der Waals surface area (Å²) in [5.41, 5.74) is 2.55. The van der Waals surface area contributed by atoms with E-state index in [1.165, 1.54) is 19.3 Å². The van der Waals surface area contributed by atoms with Gasteiger partial charge >= 0.3 is 5.97 Å². The summed E-state index contributed by atoms with van der Waals surface area (Å²) in [6.07, 6.45) is 3.39. The predicted octanol–water partition coefficient (Wildman–Crippen LogP) is 2.09. The Balaban J connectivity index is 1.79. The molecule has 0 aromatic heterocycles. The topological polar surface area (TPSA) is 44.8 Å². The van der Waals surface area contributed by atoms with Gasteiger partial charge in [0.1, 0.15) is 5.70 Å². The Morgan fingerprint density at radius 3 is 2.57 bits per heavy atom. The number of benzene rings is 1. The third-order valence-corrected chi connectivity index (χ3v) is 4.46. The molecule has 5 heteroatoms. The van der Waals surface area contributed by atoms with Gasteiger partial charge < -0.3 is 15.0 Å². The minimum atomic E-state index is -0.394. The Bertz CT molecular complexity index is 577. The molecule has 2 aliphatic heterocycles. The lowest BCUT2D eigenvalue weighted by atomic mass is 10.1. The predicted molar refractivity (Wildman–Crippen MR) is 89.4 cm³/mol. The van der Waals surface area contributed by atoms with Gasteiger partial charge in [0.2, 0.25) is 0 Å². The van der Waals surface area contributed by atoms with Crippen LogP contribution < -0.4 is 5.32 Å². The molecule has 2 aliphatic rings. The van der Waals surface area contributed by atoms with E-state index >= 15 is 0 Å².